The molecule has 1 N–H and O–H groups in total. The number of aromatic nitrogens is 3. The quantitative estimate of drug-likeness (QED) is 0.801. The van der Waals surface area contributed by atoms with Gasteiger partial charge in [-0.1, -0.05) is 42.8 Å². The summed E-state index contributed by atoms with van der Waals surface area (Å²) in [7, 11) is 0. The van der Waals surface area contributed by atoms with Crippen LogP contribution in [0.5, 0.6) is 0 Å². The first kappa shape index (κ1) is 14.0. The van der Waals surface area contributed by atoms with Crippen molar-refractivity contribution in [3.63, 3.8) is 0 Å². The fraction of sp³-hybridized carbons (Fsp3) is 0.250. The third-order valence-electron chi connectivity index (χ3n) is 3.49. The maximum atomic E-state index is 10.8. The van der Waals surface area contributed by atoms with Crippen molar-refractivity contribution in [1.29, 1.82) is 0 Å². The highest BCUT2D eigenvalue weighted by molar-refractivity contribution is 6.31. The number of pyridine rings is 1. The Bertz CT molecular complexity index is 764. The molecule has 0 saturated carbocycles. The molecule has 21 heavy (non-hydrogen) atoms. The van der Waals surface area contributed by atoms with E-state index in [2.05, 4.69) is 17.0 Å². The second kappa shape index (κ2) is 5.84. The van der Waals surface area contributed by atoms with Gasteiger partial charge in [-0.3, -0.25) is 9.67 Å². The molecule has 0 bridgehead atoms. The van der Waals surface area contributed by atoms with Gasteiger partial charge in [-0.05, 0) is 17.9 Å². The van der Waals surface area contributed by atoms with Crippen LogP contribution in [0.4, 0.5) is 0 Å². The van der Waals surface area contributed by atoms with E-state index in [4.69, 9.17) is 11.6 Å². The van der Waals surface area contributed by atoms with Crippen molar-refractivity contribution in [2.45, 2.75) is 26.0 Å². The van der Waals surface area contributed by atoms with Crippen LogP contribution < -0.4 is 0 Å². The van der Waals surface area contributed by atoms with E-state index in [1.54, 1.807) is 17.1 Å². The Morgan fingerprint density at radius 3 is 2.90 bits per heavy atom. The standard InChI is InChI=1S/C16H16ClN3O/c1-2-9-20-15(13(17)10-19-20)16(21)14-12-6-4-3-5-11(12)7-8-18-14/h3-8,10,16,21H,2,9H2,1H3. The van der Waals surface area contributed by atoms with Crippen molar-refractivity contribution < 1.29 is 5.11 Å². The summed E-state index contributed by atoms with van der Waals surface area (Å²) in [6, 6.07) is 9.78. The third kappa shape index (κ3) is 2.52. The van der Waals surface area contributed by atoms with E-state index in [0.29, 0.717) is 23.0 Å². The molecular weight excluding hydrogens is 286 g/mol. The molecule has 2 heterocycles. The number of hydrogen-bond donors (Lipinski definition) is 1. The van der Waals surface area contributed by atoms with E-state index < -0.39 is 6.10 Å². The highest BCUT2D eigenvalue weighted by Gasteiger charge is 2.22. The number of aliphatic hydroxyl groups excluding tert-OH is 1. The van der Waals surface area contributed by atoms with Crippen LogP contribution in [0.15, 0.2) is 42.7 Å². The molecular formula is C16H16ClN3O. The Hall–Kier alpha value is -1.91. The van der Waals surface area contributed by atoms with Crippen LogP contribution in [0, 0.1) is 0 Å². The zero-order chi connectivity index (χ0) is 14.8. The summed E-state index contributed by atoms with van der Waals surface area (Å²) in [5.41, 5.74) is 1.20. The number of rotatable bonds is 4. The molecule has 0 amide bonds. The first-order valence-corrected chi connectivity index (χ1v) is 7.33. The third-order valence-corrected chi connectivity index (χ3v) is 3.78. The molecule has 1 unspecified atom stereocenters. The Kier molecular flexibility index (Phi) is 3.90. The van der Waals surface area contributed by atoms with Crippen LogP contribution in [-0.2, 0) is 6.54 Å². The second-order valence-corrected chi connectivity index (χ2v) is 5.33. The summed E-state index contributed by atoms with van der Waals surface area (Å²) < 4.78 is 1.75. The topological polar surface area (TPSA) is 50.9 Å². The van der Waals surface area contributed by atoms with E-state index in [1.807, 2.05) is 30.3 Å². The Labute approximate surface area is 128 Å². The van der Waals surface area contributed by atoms with Crippen LogP contribution in [0.25, 0.3) is 10.8 Å². The lowest BCUT2D eigenvalue weighted by Gasteiger charge is -2.15. The van der Waals surface area contributed by atoms with Gasteiger partial charge in [0.05, 0.1) is 22.6 Å². The summed E-state index contributed by atoms with van der Waals surface area (Å²) in [6.45, 7) is 2.77. The first-order valence-electron chi connectivity index (χ1n) is 6.95. The molecule has 1 atom stereocenters. The number of halogens is 1. The minimum absolute atomic E-state index is 0.464. The molecule has 0 radical (unpaired) electrons. The maximum Gasteiger partial charge on any atom is 0.140 e. The van der Waals surface area contributed by atoms with Gasteiger partial charge in [-0.15, -0.1) is 0 Å². The average Bonchev–Trinajstić information content (AvgIpc) is 2.87. The number of hydrogen-bond acceptors (Lipinski definition) is 3. The van der Waals surface area contributed by atoms with E-state index in [-0.39, 0.29) is 0 Å². The zero-order valence-electron chi connectivity index (χ0n) is 11.7. The van der Waals surface area contributed by atoms with Crippen LogP contribution >= 0.6 is 11.6 Å². The van der Waals surface area contributed by atoms with Crippen molar-refractivity contribution in [3.8, 4) is 0 Å². The number of nitrogens with zero attached hydrogens (tertiary/aromatic N) is 3. The Morgan fingerprint density at radius 2 is 2.10 bits per heavy atom. The monoisotopic (exact) mass is 301 g/mol. The summed E-state index contributed by atoms with van der Waals surface area (Å²) in [5.74, 6) is 0. The summed E-state index contributed by atoms with van der Waals surface area (Å²) in [5, 5.41) is 17.4. The largest absolute Gasteiger partial charge is 0.380 e. The van der Waals surface area contributed by atoms with E-state index >= 15 is 0 Å². The number of benzene rings is 1. The molecule has 0 spiro atoms. The predicted molar refractivity (Wildman–Crippen MR) is 83.3 cm³/mol. The van der Waals surface area contributed by atoms with Gasteiger partial charge in [0.1, 0.15) is 6.10 Å². The van der Waals surface area contributed by atoms with Crippen LogP contribution in [0.1, 0.15) is 30.8 Å². The van der Waals surface area contributed by atoms with Gasteiger partial charge in [0.15, 0.2) is 0 Å². The van der Waals surface area contributed by atoms with Gasteiger partial charge in [0.2, 0.25) is 0 Å². The van der Waals surface area contributed by atoms with Crippen molar-refractivity contribution in [2.24, 2.45) is 0 Å². The van der Waals surface area contributed by atoms with Crippen molar-refractivity contribution in [2.75, 3.05) is 0 Å². The SMILES string of the molecule is CCCn1ncc(Cl)c1C(O)c1nccc2ccccc12. The van der Waals surface area contributed by atoms with Gasteiger partial charge in [0, 0.05) is 18.1 Å². The summed E-state index contributed by atoms with van der Waals surface area (Å²) in [4.78, 5) is 4.36. The molecule has 0 aliphatic heterocycles. The lowest BCUT2D eigenvalue weighted by molar-refractivity contribution is 0.204. The van der Waals surface area contributed by atoms with Gasteiger partial charge >= 0.3 is 0 Å². The fourth-order valence-electron chi connectivity index (χ4n) is 2.52. The fourth-order valence-corrected chi connectivity index (χ4v) is 2.77. The van der Waals surface area contributed by atoms with Gasteiger partial charge in [-0.2, -0.15) is 5.10 Å². The highest BCUT2D eigenvalue weighted by atomic mass is 35.5. The normalized spacial score (nSPS) is 12.7. The molecule has 0 saturated heterocycles. The van der Waals surface area contributed by atoms with Gasteiger partial charge in [-0.25, -0.2) is 0 Å². The Morgan fingerprint density at radius 1 is 1.29 bits per heavy atom. The van der Waals surface area contributed by atoms with Crippen molar-refractivity contribution in [1.82, 2.24) is 14.8 Å². The molecule has 0 aliphatic rings. The van der Waals surface area contributed by atoms with Gasteiger partial charge in [0.25, 0.3) is 0 Å². The molecule has 1 aromatic carbocycles. The maximum absolute atomic E-state index is 10.8. The number of aryl methyl sites for hydroxylation is 1. The molecule has 108 valence electrons. The lowest BCUT2D eigenvalue weighted by Crippen LogP contribution is -2.12. The Balaban J connectivity index is 2.13. The van der Waals surface area contributed by atoms with Crippen molar-refractivity contribution in [3.05, 3.63) is 59.1 Å². The number of fused-ring (bicyclic) bond motifs is 1. The molecule has 2 aromatic heterocycles. The first-order chi connectivity index (χ1) is 10.2. The smallest absolute Gasteiger partial charge is 0.140 e. The molecule has 3 aromatic rings. The molecule has 5 heteroatoms. The van der Waals surface area contributed by atoms with Crippen LogP contribution in [0.2, 0.25) is 5.02 Å². The highest BCUT2D eigenvalue weighted by Crippen LogP contribution is 2.31. The van der Waals surface area contributed by atoms with Gasteiger partial charge < -0.3 is 5.11 Å². The van der Waals surface area contributed by atoms with E-state index in [0.717, 1.165) is 17.2 Å². The van der Waals surface area contributed by atoms with Crippen molar-refractivity contribution >= 4 is 22.4 Å². The minimum Gasteiger partial charge on any atom is -0.380 e. The second-order valence-electron chi connectivity index (χ2n) is 4.92. The molecule has 0 aliphatic carbocycles. The molecule has 3 rings (SSSR count). The molecule has 0 fully saturated rings. The van der Waals surface area contributed by atoms with E-state index in [1.165, 1.54) is 0 Å². The minimum atomic E-state index is -0.891. The summed E-state index contributed by atoms with van der Waals surface area (Å²) in [6.07, 6.45) is 3.30. The number of aliphatic hydroxyl groups is 1. The van der Waals surface area contributed by atoms with Crippen LogP contribution in [0.3, 0.4) is 0 Å². The predicted octanol–water partition coefficient (Wildman–Crippen LogP) is 3.58. The zero-order valence-corrected chi connectivity index (χ0v) is 12.5. The van der Waals surface area contributed by atoms with E-state index in [9.17, 15) is 5.11 Å². The van der Waals surface area contributed by atoms with Crippen LogP contribution in [-0.4, -0.2) is 19.9 Å². The lowest BCUT2D eigenvalue weighted by atomic mass is 10.0. The average molecular weight is 302 g/mol. The summed E-state index contributed by atoms with van der Waals surface area (Å²) >= 11 is 6.21. The molecule has 4 nitrogen and oxygen atoms in total.